The van der Waals surface area contributed by atoms with E-state index < -0.39 is 31.4 Å². The van der Waals surface area contributed by atoms with Gasteiger partial charge in [0.25, 0.3) is 0 Å². The fourth-order valence-corrected chi connectivity index (χ4v) is 1.07. The number of anilines is 1. The van der Waals surface area contributed by atoms with E-state index in [9.17, 15) is 22.4 Å². The Morgan fingerprint density at radius 2 is 1.94 bits per heavy atom. The van der Waals surface area contributed by atoms with Crippen LogP contribution in [0, 0.1) is 5.82 Å². The number of esters is 1. The molecule has 100 valence electrons. The molecule has 8 heteroatoms. The van der Waals surface area contributed by atoms with Crippen LogP contribution in [0.25, 0.3) is 0 Å². The summed E-state index contributed by atoms with van der Waals surface area (Å²) in [5.74, 6) is -1.72. The van der Waals surface area contributed by atoms with Gasteiger partial charge in [-0.15, -0.1) is 13.2 Å². The SMILES string of the molecule is Nc1ccc(F)cc1C(=O)OCCOC(F)(F)F. The first-order chi connectivity index (χ1) is 8.29. The predicted molar refractivity (Wildman–Crippen MR) is 53.1 cm³/mol. The van der Waals surface area contributed by atoms with Crippen molar-refractivity contribution >= 4 is 11.7 Å². The summed E-state index contributed by atoms with van der Waals surface area (Å²) in [4.78, 5) is 11.3. The minimum Gasteiger partial charge on any atom is -0.460 e. The van der Waals surface area contributed by atoms with Crippen molar-refractivity contribution in [1.82, 2.24) is 0 Å². The predicted octanol–water partition coefficient (Wildman–Crippen LogP) is 2.10. The van der Waals surface area contributed by atoms with Crippen molar-refractivity contribution in [3.05, 3.63) is 29.6 Å². The minimum atomic E-state index is -4.79. The molecule has 0 fully saturated rings. The molecule has 2 N–H and O–H groups in total. The van der Waals surface area contributed by atoms with Crippen molar-refractivity contribution in [2.75, 3.05) is 18.9 Å². The molecule has 1 rings (SSSR count). The fourth-order valence-electron chi connectivity index (χ4n) is 1.07. The monoisotopic (exact) mass is 267 g/mol. The third-order valence-corrected chi connectivity index (χ3v) is 1.82. The van der Waals surface area contributed by atoms with Crippen LogP contribution in [0.3, 0.4) is 0 Å². The Bertz CT molecular complexity index is 434. The summed E-state index contributed by atoms with van der Waals surface area (Å²) in [6.07, 6.45) is -4.79. The van der Waals surface area contributed by atoms with E-state index in [1.807, 2.05) is 0 Å². The summed E-state index contributed by atoms with van der Waals surface area (Å²) >= 11 is 0. The summed E-state index contributed by atoms with van der Waals surface area (Å²) < 4.78 is 55.4. The van der Waals surface area contributed by atoms with E-state index >= 15 is 0 Å². The van der Waals surface area contributed by atoms with Crippen LogP contribution in [0.15, 0.2) is 18.2 Å². The highest BCUT2D eigenvalue weighted by Gasteiger charge is 2.28. The number of benzene rings is 1. The Balaban J connectivity index is 2.48. The van der Waals surface area contributed by atoms with Gasteiger partial charge in [-0.05, 0) is 18.2 Å². The van der Waals surface area contributed by atoms with Crippen LogP contribution in [0.2, 0.25) is 0 Å². The Kier molecular flexibility index (Phi) is 4.49. The number of rotatable bonds is 4. The molecule has 4 nitrogen and oxygen atoms in total. The molecule has 18 heavy (non-hydrogen) atoms. The van der Waals surface area contributed by atoms with Gasteiger partial charge in [-0.1, -0.05) is 0 Å². The van der Waals surface area contributed by atoms with Crippen LogP contribution in [-0.4, -0.2) is 25.5 Å². The Morgan fingerprint density at radius 1 is 1.28 bits per heavy atom. The molecule has 1 aromatic carbocycles. The second kappa shape index (κ2) is 5.67. The maximum atomic E-state index is 12.8. The van der Waals surface area contributed by atoms with E-state index in [2.05, 4.69) is 9.47 Å². The highest BCUT2D eigenvalue weighted by atomic mass is 19.4. The Labute approximate surface area is 99.3 Å². The van der Waals surface area contributed by atoms with Crippen molar-refractivity contribution < 1.29 is 31.8 Å². The second-order valence-corrected chi connectivity index (χ2v) is 3.16. The Morgan fingerprint density at radius 3 is 2.56 bits per heavy atom. The van der Waals surface area contributed by atoms with E-state index in [4.69, 9.17) is 5.73 Å². The molecular formula is C10H9F4NO3. The quantitative estimate of drug-likeness (QED) is 0.393. The van der Waals surface area contributed by atoms with E-state index in [1.165, 1.54) is 0 Å². The highest BCUT2D eigenvalue weighted by Crippen LogP contribution is 2.16. The zero-order chi connectivity index (χ0) is 13.8. The summed E-state index contributed by atoms with van der Waals surface area (Å²) in [5.41, 5.74) is 5.11. The summed E-state index contributed by atoms with van der Waals surface area (Å²) in [6.45, 7) is -1.46. The standard InChI is InChI=1S/C10H9F4NO3/c11-6-1-2-8(15)7(5-6)9(16)17-3-4-18-10(12,13)14/h1-2,5H,3-4,15H2. The van der Waals surface area contributed by atoms with E-state index in [-0.39, 0.29) is 11.3 Å². The largest absolute Gasteiger partial charge is 0.522 e. The first-order valence-corrected chi connectivity index (χ1v) is 4.72. The first-order valence-electron chi connectivity index (χ1n) is 4.72. The zero-order valence-electron chi connectivity index (χ0n) is 8.96. The number of alkyl halides is 3. The van der Waals surface area contributed by atoms with Crippen LogP contribution >= 0.6 is 0 Å². The van der Waals surface area contributed by atoms with Crippen LogP contribution in [0.5, 0.6) is 0 Å². The summed E-state index contributed by atoms with van der Waals surface area (Å²) in [5, 5.41) is 0. The topological polar surface area (TPSA) is 61.6 Å². The maximum absolute atomic E-state index is 12.8. The summed E-state index contributed by atoms with van der Waals surface area (Å²) in [6, 6.07) is 3.03. The molecular weight excluding hydrogens is 258 g/mol. The van der Waals surface area contributed by atoms with Gasteiger partial charge in [0.05, 0.1) is 12.2 Å². The molecule has 0 aliphatic heterocycles. The van der Waals surface area contributed by atoms with Crippen LogP contribution < -0.4 is 5.73 Å². The van der Waals surface area contributed by atoms with Gasteiger partial charge in [0.2, 0.25) is 0 Å². The van der Waals surface area contributed by atoms with Gasteiger partial charge < -0.3 is 10.5 Å². The number of hydrogen-bond acceptors (Lipinski definition) is 4. The van der Waals surface area contributed by atoms with Gasteiger partial charge in [-0.2, -0.15) is 0 Å². The lowest BCUT2D eigenvalue weighted by Crippen LogP contribution is -2.19. The molecule has 0 spiro atoms. The highest BCUT2D eigenvalue weighted by molar-refractivity contribution is 5.95. The van der Waals surface area contributed by atoms with Gasteiger partial charge in [0.15, 0.2) is 0 Å². The number of carbonyl (C=O) groups excluding carboxylic acids is 1. The van der Waals surface area contributed by atoms with Gasteiger partial charge in [-0.3, -0.25) is 4.74 Å². The number of nitrogen functional groups attached to an aromatic ring is 1. The van der Waals surface area contributed by atoms with Gasteiger partial charge in [0, 0.05) is 5.69 Å². The van der Waals surface area contributed by atoms with Gasteiger partial charge >= 0.3 is 12.3 Å². The smallest absolute Gasteiger partial charge is 0.460 e. The molecule has 0 heterocycles. The molecule has 0 amide bonds. The lowest BCUT2D eigenvalue weighted by molar-refractivity contribution is -0.326. The van der Waals surface area contributed by atoms with Crippen molar-refractivity contribution in [3.8, 4) is 0 Å². The van der Waals surface area contributed by atoms with Crippen molar-refractivity contribution in [3.63, 3.8) is 0 Å². The molecule has 0 bridgehead atoms. The second-order valence-electron chi connectivity index (χ2n) is 3.16. The van der Waals surface area contributed by atoms with Crippen molar-refractivity contribution in [1.29, 1.82) is 0 Å². The zero-order valence-corrected chi connectivity index (χ0v) is 8.96. The molecule has 1 aromatic rings. The van der Waals surface area contributed by atoms with E-state index in [0.717, 1.165) is 18.2 Å². The lowest BCUT2D eigenvalue weighted by Gasteiger charge is -2.09. The molecule has 0 radical (unpaired) electrons. The number of nitrogens with two attached hydrogens (primary N) is 1. The van der Waals surface area contributed by atoms with Crippen LogP contribution in [0.4, 0.5) is 23.2 Å². The molecule has 0 saturated heterocycles. The average Bonchev–Trinajstić information content (AvgIpc) is 2.26. The van der Waals surface area contributed by atoms with Crippen molar-refractivity contribution in [2.45, 2.75) is 6.36 Å². The van der Waals surface area contributed by atoms with Crippen LogP contribution in [0.1, 0.15) is 10.4 Å². The number of halogens is 4. The third-order valence-electron chi connectivity index (χ3n) is 1.82. The fraction of sp³-hybridized carbons (Fsp3) is 0.300. The summed E-state index contributed by atoms with van der Waals surface area (Å²) in [7, 11) is 0. The van der Waals surface area contributed by atoms with E-state index in [1.54, 1.807) is 0 Å². The van der Waals surface area contributed by atoms with Gasteiger partial charge in [-0.25, -0.2) is 9.18 Å². The first kappa shape index (κ1) is 14.2. The van der Waals surface area contributed by atoms with Gasteiger partial charge in [0.1, 0.15) is 12.4 Å². The van der Waals surface area contributed by atoms with Crippen molar-refractivity contribution in [2.24, 2.45) is 0 Å². The molecule has 0 aliphatic carbocycles. The molecule has 0 aliphatic rings. The average molecular weight is 267 g/mol. The number of carbonyl (C=O) groups is 1. The molecule has 0 atom stereocenters. The number of hydrogen-bond donors (Lipinski definition) is 1. The number of ether oxygens (including phenoxy) is 2. The maximum Gasteiger partial charge on any atom is 0.522 e. The van der Waals surface area contributed by atoms with Crippen LogP contribution in [-0.2, 0) is 9.47 Å². The third kappa shape index (κ3) is 4.58. The molecule has 0 unspecified atom stereocenters. The molecule has 0 saturated carbocycles. The lowest BCUT2D eigenvalue weighted by atomic mass is 10.2. The minimum absolute atomic E-state index is 0.0295. The Hall–Kier alpha value is -1.83. The van der Waals surface area contributed by atoms with E-state index in [0.29, 0.717) is 0 Å². The normalized spacial score (nSPS) is 11.3. The molecule has 0 aromatic heterocycles.